The smallest absolute Gasteiger partial charge is 0.319 e. The molecule has 5 saturated heterocycles. The van der Waals surface area contributed by atoms with Gasteiger partial charge in [-0.2, -0.15) is 15.2 Å². The van der Waals surface area contributed by atoms with Gasteiger partial charge in [0.25, 0.3) is 0 Å². The van der Waals surface area contributed by atoms with Crippen molar-refractivity contribution < 1.29 is 18.3 Å². The highest BCUT2D eigenvalue weighted by molar-refractivity contribution is 7.23. The molecule has 7 heterocycles. The zero-order chi connectivity index (χ0) is 35.5. The summed E-state index contributed by atoms with van der Waals surface area (Å²) in [4.78, 5) is 29.6. The molecule has 6 fully saturated rings. The molecule has 4 aromatic rings. The highest BCUT2D eigenvalue weighted by Gasteiger charge is 2.56. The lowest BCUT2D eigenvalue weighted by molar-refractivity contribution is -0.143. The molecular weight excluding hydrogens is 706 g/mol. The molecule has 1 saturated carbocycles. The van der Waals surface area contributed by atoms with Crippen LogP contribution in [0.25, 0.3) is 32.1 Å². The minimum atomic E-state index is -0.701. The van der Waals surface area contributed by atoms with Gasteiger partial charge in [-0.05, 0) is 88.1 Å². The van der Waals surface area contributed by atoms with Crippen molar-refractivity contribution in [2.45, 2.75) is 69.0 Å². The second kappa shape index (κ2) is 11.8. The second-order valence-electron chi connectivity index (χ2n) is 16.0. The maximum atomic E-state index is 17.2. The fourth-order valence-corrected chi connectivity index (χ4v) is 11.1. The molecule has 3 N–H and O–H groups in total. The molecule has 52 heavy (non-hydrogen) atoms. The molecule has 1 spiro atoms. The molecule has 0 radical (unpaired) electrons. The third kappa shape index (κ3) is 5.08. The number of nitrogens with two attached hydrogens (primary N) is 1. The Morgan fingerprint density at radius 3 is 2.63 bits per heavy atom. The molecule has 1 amide bonds. The van der Waals surface area contributed by atoms with Crippen LogP contribution in [0.1, 0.15) is 56.9 Å². The molecule has 0 bridgehead atoms. The Kier molecular flexibility index (Phi) is 7.46. The number of nitrogens with zero attached hydrogens (tertiary/aromatic N) is 6. The monoisotopic (exact) mass is 744 g/mol. The van der Waals surface area contributed by atoms with Gasteiger partial charge in [0.1, 0.15) is 40.9 Å². The van der Waals surface area contributed by atoms with Gasteiger partial charge < -0.3 is 20.3 Å². The van der Waals surface area contributed by atoms with Crippen molar-refractivity contribution in [3.63, 3.8) is 0 Å². The van der Waals surface area contributed by atoms with E-state index in [2.05, 4.69) is 21.2 Å². The number of hydrogen-bond donors (Lipinski definition) is 2. The van der Waals surface area contributed by atoms with Crippen molar-refractivity contribution in [3.8, 4) is 23.2 Å². The number of benzene rings is 2. The first-order valence-electron chi connectivity index (χ1n) is 18.5. The summed E-state index contributed by atoms with van der Waals surface area (Å²) in [7, 11) is 0. The van der Waals surface area contributed by atoms with Crippen LogP contribution in [0.15, 0.2) is 18.2 Å². The Bertz CT molecular complexity index is 2200. The summed E-state index contributed by atoms with van der Waals surface area (Å²) in [6, 6.07) is 6.83. The largest absolute Gasteiger partial charge is 0.461 e. The fourth-order valence-electron chi connectivity index (χ4n) is 9.88. The van der Waals surface area contributed by atoms with Gasteiger partial charge in [0, 0.05) is 54.0 Å². The SMILES string of the molecule is N#Cc1c(N)sc2c(F)ccc(-c3c(Cl)cc4c(N5CCCC6(CN(C(=O)[C@@H]7N[C@H]7C7CC7)C6)C5)nc(OCC56CCCN5CCC6)nc4c3F)c12. The summed E-state index contributed by atoms with van der Waals surface area (Å²) in [5, 5.41) is 14.3. The van der Waals surface area contributed by atoms with Crippen LogP contribution in [-0.4, -0.2) is 89.2 Å². The number of likely N-dealkylation sites (tertiary alicyclic amines) is 1. The Morgan fingerprint density at radius 2 is 1.88 bits per heavy atom. The number of carbonyl (C=O) groups excluding carboxylic acids is 1. The van der Waals surface area contributed by atoms with E-state index in [1.165, 1.54) is 25.0 Å². The number of fused-ring (bicyclic) bond motifs is 3. The summed E-state index contributed by atoms with van der Waals surface area (Å²) >= 11 is 7.91. The average Bonchev–Trinajstić information content (AvgIpc) is 4.01. The molecular formula is C38H39ClF2N8O2S. The van der Waals surface area contributed by atoms with E-state index < -0.39 is 11.6 Å². The lowest BCUT2D eigenvalue weighted by Gasteiger charge is -2.55. The molecule has 2 atom stereocenters. The number of nitrogens with one attached hydrogen (secondary N) is 1. The van der Waals surface area contributed by atoms with Gasteiger partial charge in [-0.15, -0.1) is 11.3 Å². The van der Waals surface area contributed by atoms with Gasteiger partial charge in [0.2, 0.25) is 5.91 Å². The van der Waals surface area contributed by atoms with Crippen molar-refractivity contribution in [1.29, 1.82) is 5.26 Å². The van der Waals surface area contributed by atoms with Crippen LogP contribution >= 0.6 is 22.9 Å². The lowest BCUT2D eigenvalue weighted by Crippen LogP contribution is -2.65. The Labute approximate surface area is 308 Å². The topological polar surface area (TPSA) is 134 Å². The number of nitriles is 1. The molecule has 10 rings (SSSR count). The van der Waals surface area contributed by atoms with E-state index in [0.717, 1.165) is 63.0 Å². The molecule has 6 aliphatic rings. The first-order chi connectivity index (χ1) is 25.2. The van der Waals surface area contributed by atoms with Crippen LogP contribution in [0.2, 0.25) is 5.02 Å². The van der Waals surface area contributed by atoms with Gasteiger partial charge in [-0.3, -0.25) is 15.0 Å². The van der Waals surface area contributed by atoms with Crippen LogP contribution in [0, 0.1) is 34.3 Å². The molecule has 2 aromatic heterocycles. The van der Waals surface area contributed by atoms with E-state index >= 15 is 4.39 Å². The standard InChI is InChI=1S/C38H39ClF2N8O2S/c39-24-14-22-30(28(41)27(24)21-6-7-25(40)32-26(21)23(15-42)33(43)52-32)45-36(51-19-38-9-2-12-49(38)13-3-10-38)46-34(22)47-11-1-8-37(16-47)17-48(18-37)35(50)31-29(44-31)20-4-5-20/h6-7,14,20,29,31,44H,1-5,8-13,16-19,43H2/t29-,31+/m0/s1. The molecule has 270 valence electrons. The average molecular weight is 745 g/mol. The third-order valence-corrected chi connectivity index (χ3v) is 14.0. The summed E-state index contributed by atoms with van der Waals surface area (Å²) in [5.41, 5.74) is 6.38. The van der Waals surface area contributed by atoms with Crippen molar-refractivity contribution in [3.05, 3.63) is 40.4 Å². The number of hydrogen-bond acceptors (Lipinski definition) is 10. The zero-order valence-corrected chi connectivity index (χ0v) is 30.3. The molecule has 5 aliphatic heterocycles. The van der Waals surface area contributed by atoms with Gasteiger partial charge in [0.05, 0.1) is 20.8 Å². The van der Waals surface area contributed by atoms with Crippen LogP contribution < -0.4 is 20.7 Å². The van der Waals surface area contributed by atoms with E-state index in [9.17, 15) is 14.4 Å². The van der Waals surface area contributed by atoms with E-state index in [0.29, 0.717) is 55.9 Å². The highest BCUT2D eigenvalue weighted by Crippen LogP contribution is 2.48. The summed E-state index contributed by atoms with van der Waals surface area (Å²) in [6.45, 7) is 5.23. The molecule has 2 aromatic carbocycles. The normalized spacial score (nSPS) is 24.7. The minimum absolute atomic E-state index is 0.0156. The Balaban J connectivity index is 1.03. The maximum Gasteiger partial charge on any atom is 0.319 e. The van der Waals surface area contributed by atoms with Gasteiger partial charge in [-0.25, -0.2) is 8.78 Å². The van der Waals surface area contributed by atoms with Crippen LogP contribution in [0.5, 0.6) is 6.01 Å². The number of piperidine rings is 1. The summed E-state index contributed by atoms with van der Waals surface area (Å²) in [5.74, 6) is 0.156. The Morgan fingerprint density at radius 1 is 1.12 bits per heavy atom. The summed E-state index contributed by atoms with van der Waals surface area (Å²) < 4.78 is 38.8. The fraction of sp³-hybridized carbons (Fsp3) is 0.526. The van der Waals surface area contributed by atoms with Gasteiger partial charge in [-0.1, -0.05) is 17.7 Å². The second-order valence-corrected chi connectivity index (χ2v) is 17.4. The number of rotatable bonds is 7. The number of aromatic nitrogens is 2. The molecule has 14 heteroatoms. The third-order valence-electron chi connectivity index (χ3n) is 12.7. The van der Waals surface area contributed by atoms with Crippen LogP contribution in [-0.2, 0) is 4.79 Å². The van der Waals surface area contributed by atoms with Crippen LogP contribution in [0.4, 0.5) is 19.6 Å². The van der Waals surface area contributed by atoms with Crippen molar-refractivity contribution >= 4 is 60.7 Å². The van der Waals surface area contributed by atoms with Gasteiger partial charge >= 0.3 is 6.01 Å². The number of thiophene rings is 1. The number of nitrogen functional groups attached to an aromatic ring is 1. The first-order valence-corrected chi connectivity index (χ1v) is 19.7. The minimum Gasteiger partial charge on any atom is -0.461 e. The lowest BCUT2D eigenvalue weighted by atomic mass is 9.73. The quantitative estimate of drug-likeness (QED) is 0.216. The predicted octanol–water partition coefficient (Wildman–Crippen LogP) is 6.08. The number of halogens is 3. The van der Waals surface area contributed by atoms with Crippen molar-refractivity contribution in [1.82, 2.24) is 25.1 Å². The maximum absolute atomic E-state index is 17.2. The molecule has 0 unspecified atom stereocenters. The Hall–Kier alpha value is -3.83. The zero-order valence-electron chi connectivity index (χ0n) is 28.7. The number of anilines is 2. The van der Waals surface area contributed by atoms with E-state index in [-0.39, 0.29) is 71.2 Å². The highest BCUT2D eigenvalue weighted by atomic mass is 35.5. The number of carbonyl (C=O) groups is 1. The number of ether oxygens (including phenoxy) is 1. The van der Waals surface area contributed by atoms with E-state index in [1.54, 1.807) is 6.07 Å². The number of amides is 1. The van der Waals surface area contributed by atoms with E-state index in [4.69, 9.17) is 32.0 Å². The summed E-state index contributed by atoms with van der Waals surface area (Å²) in [6.07, 6.45) is 8.61. The van der Waals surface area contributed by atoms with Crippen molar-refractivity contribution in [2.75, 3.05) is 56.5 Å². The molecule has 10 nitrogen and oxygen atoms in total. The van der Waals surface area contributed by atoms with Crippen LogP contribution in [0.3, 0.4) is 0 Å². The van der Waals surface area contributed by atoms with Gasteiger partial charge in [0.15, 0.2) is 5.82 Å². The molecule has 1 aliphatic carbocycles. The predicted molar refractivity (Wildman–Crippen MR) is 197 cm³/mol. The van der Waals surface area contributed by atoms with E-state index in [1.807, 2.05) is 4.90 Å². The first kappa shape index (κ1) is 32.8. The van der Waals surface area contributed by atoms with Crippen molar-refractivity contribution in [2.24, 2.45) is 11.3 Å².